The molecule has 1 aliphatic rings. The van der Waals surface area contributed by atoms with Crippen molar-refractivity contribution in [1.29, 1.82) is 0 Å². The molecule has 1 aromatic carbocycles. The Morgan fingerprint density at radius 2 is 2.05 bits per heavy atom. The maximum absolute atomic E-state index is 12.6. The summed E-state index contributed by atoms with van der Waals surface area (Å²) < 4.78 is 37.8. The van der Waals surface area contributed by atoms with Gasteiger partial charge in [-0.3, -0.25) is 10.1 Å². The van der Waals surface area contributed by atoms with E-state index >= 15 is 0 Å². The lowest BCUT2D eigenvalue weighted by molar-refractivity contribution is -0.384. The smallest absolute Gasteiger partial charge is 0.377 e. The minimum Gasteiger partial charge on any atom is -0.377 e. The summed E-state index contributed by atoms with van der Waals surface area (Å²) in [6.45, 7) is 0. The predicted molar refractivity (Wildman–Crippen MR) is 72.0 cm³/mol. The standard InChI is InChI=1S/C13H16F3N3O2/c14-13(15,16)8-4-5-11(12(6-8)19(20)21)18-10-3-1-2-9(17)7-10/h4-6,9-10,18H,1-3,7,17H2. The van der Waals surface area contributed by atoms with E-state index < -0.39 is 22.4 Å². The molecule has 0 amide bonds. The number of rotatable bonds is 3. The molecular formula is C13H16F3N3O2. The maximum atomic E-state index is 12.6. The number of nitro benzene ring substituents is 1. The third-order valence-corrected chi connectivity index (χ3v) is 3.60. The second kappa shape index (κ2) is 5.88. The Morgan fingerprint density at radius 3 is 2.62 bits per heavy atom. The number of nitro groups is 1. The zero-order valence-electron chi connectivity index (χ0n) is 11.2. The Bertz CT molecular complexity index is 534. The van der Waals surface area contributed by atoms with Crippen LogP contribution in [0.4, 0.5) is 24.5 Å². The van der Waals surface area contributed by atoms with Crippen LogP contribution in [0.3, 0.4) is 0 Å². The molecule has 0 heterocycles. The van der Waals surface area contributed by atoms with Crippen LogP contribution in [0.2, 0.25) is 0 Å². The SMILES string of the molecule is NC1CCCC(Nc2ccc(C(F)(F)F)cc2[N+](=O)[O-])C1. The van der Waals surface area contributed by atoms with Gasteiger partial charge in [-0.15, -0.1) is 0 Å². The van der Waals surface area contributed by atoms with E-state index in [1.165, 1.54) is 0 Å². The largest absolute Gasteiger partial charge is 0.416 e. The van der Waals surface area contributed by atoms with Crippen LogP contribution in [0.5, 0.6) is 0 Å². The molecule has 0 spiro atoms. The van der Waals surface area contributed by atoms with Crippen molar-refractivity contribution in [3.8, 4) is 0 Å². The number of nitrogens with zero attached hydrogens (tertiary/aromatic N) is 1. The zero-order valence-corrected chi connectivity index (χ0v) is 11.2. The highest BCUT2D eigenvalue weighted by atomic mass is 19.4. The van der Waals surface area contributed by atoms with Gasteiger partial charge in [-0.1, -0.05) is 0 Å². The number of hydrogen-bond acceptors (Lipinski definition) is 4. The molecule has 21 heavy (non-hydrogen) atoms. The van der Waals surface area contributed by atoms with E-state index in [-0.39, 0.29) is 17.8 Å². The van der Waals surface area contributed by atoms with Gasteiger partial charge in [0.2, 0.25) is 0 Å². The average molecular weight is 303 g/mol. The number of benzene rings is 1. The average Bonchev–Trinajstić information content (AvgIpc) is 2.37. The minimum absolute atomic E-state index is 0.0183. The first kappa shape index (κ1) is 15.6. The summed E-state index contributed by atoms with van der Waals surface area (Å²) in [6.07, 6.45) is -1.36. The van der Waals surface area contributed by atoms with Crippen molar-refractivity contribution in [2.75, 3.05) is 5.32 Å². The van der Waals surface area contributed by atoms with E-state index in [4.69, 9.17) is 5.73 Å². The van der Waals surface area contributed by atoms with Crippen LogP contribution in [-0.2, 0) is 6.18 Å². The van der Waals surface area contributed by atoms with Crippen LogP contribution in [0.1, 0.15) is 31.2 Å². The molecule has 5 nitrogen and oxygen atoms in total. The van der Waals surface area contributed by atoms with Crippen molar-refractivity contribution in [2.24, 2.45) is 5.73 Å². The van der Waals surface area contributed by atoms with Crippen LogP contribution < -0.4 is 11.1 Å². The van der Waals surface area contributed by atoms with Gasteiger partial charge in [-0.2, -0.15) is 13.2 Å². The lowest BCUT2D eigenvalue weighted by Crippen LogP contribution is -2.35. The summed E-state index contributed by atoms with van der Waals surface area (Å²) in [5, 5.41) is 13.9. The molecule has 116 valence electrons. The van der Waals surface area contributed by atoms with Gasteiger partial charge in [-0.25, -0.2) is 0 Å². The molecule has 1 saturated carbocycles. The zero-order chi connectivity index (χ0) is 15.6. The molecule has 3 N–H and O–H groups in total. The second-order valence-corrected chi connectivity index (χ2v) is 5.25. The third-order valence-electron chi connectivity index (χ3n) is 3.60. The van der Waals surface area contributed by atoms with E-state index in [2.05, 4.69) is 5.32 Å². The van der Waals surface area contributed by atoms with E-state index in [0.29, 0.717) is 12.5 Å². The number of nitrogens with two attached hydrogens (primary N) is 1. The number of anilines is 1. The molecule has 8 heteroatoms. The van der Waals surface area contributed by atoms with E-state index in [1.54, 1.807) is 0 Å². The molecular weight excluding hydrogens is 287 g/mol. The summed E-state index contributed by atoms with van der Waals surface area (Å²) >= 11 is 0. The molecule has 1 aliphatic carbocycles. The number of hydrogen-bond donors (Lipinski definition) is 2. The Hall–Kier alpha value is -1.83. The fourth-order valence-corrected chi connectivity index (χ4v) is 2.56. The van der Waals surface area contributed by atoms with Crippen LogP contribution >= 0.6 is 0 Å². The first-order valence-electron chi connectivity index (χ1n) is 6.65. The van der Waals surface area contributed by atoms with Crippen LogP contribution in [0, 0.1) is 10.1 Å². The highest BCUT2D eigenvalue weighted by Gasteiger charge is 2.33. The number of alkyl halides is 3. The molecule has 0 radical (unpaired) electrons. The molecule has 0 aromatic heterocycles. The van der Waals surface area contributed by atoms with Gasteiger partial charge in [-0.05, 0) is 37.8 Å². The number of nitrogens with one attached hydrogen (secondary N) is 1. The Kier molecular flexibility index (Phi) is 4.36. The summed E-state index contributed by atoms with van der Waals surface area (Å²) in [6, 6.07) is 2.48. The fraction of sp³-hybridized carbons (Fsp3) is 0.538. The van der Waals surface area contributed by atoms with E-state index in [9.17, 15) is 23.3 Å². The van der Waals surface area contributed by atoms with Gasteiger partial charge in [0.25, 0.3) is 5.69 Å². The van der Waals surface area contributed by atoms with Gasteiger partial charge in [0.15, 0.2) is 0 Å². The summed E-state index contributed by atoms with van der Waals surface area (Å²) in [5.74, 6) is 0. The Labute approximate surface area is 119 Å². The Balaban J connectivity index is 2.24. The molecule has 0 saturated heterocycles. The van der Waals surface area contributed by atoms with E-state index in [1.807, 2.05) is 0 Å². The highest BCUT2D eigenvalue weighted by Crippen LogP contribution is 2.35. The molecule has 2 atom stereocenters. The van der Waals surface area contributed by atoms with Crippen molar-refractivity contribution in [3.63, 3.8) is 0 Å². The lowest BCUT2D eigenvalue weighted by atomic mass is 9.91. The van der Waals surface area contributed by atoms with Crippen molar-refractivity contribution in [3.05, 3.63) is 33.9 Å². The minimum atomic E-state index is -4.60. The maximum Gasteiger partial charge on any atom is 0.416 e. The molecule has 1 fully saturated rings. The van der Waals surface area contributed by atoms with Crippen LogP contribution in [0.25, 0.3) is 0 Å². The Morgan fingerprint density at radius 1 is 1.33 bits per heavy atom. The fourth-order valence-electron chi connectivity index (χ4n) is 2.56. The van der Waals surface area contributed by atoms with Gasteiger partial charge >= 0.3 is 6.18 Å². The second-order valence-electron chi connectivity index (χ2n) is 5.25. The van der Waals surface area contributed by atoms with Gasteiger partial charge in [0.1, 0.15) is 5.69 Å². The third kappa shape index (κ3) is 3.84. The first-order chi connectivity index (χ1) is 9.77. The van der Waals surface area contributed by atoms with Gasteiger partial charge < -0.3 is 11.1 Å². The van der Waals surface area contributed by atoms with Crippen molar-refractivity contribution >= 4 is 11.4 Å². The monoisotopic (exact) mass is 303 g/mol. The van der Waals surface area contributed by atoms with Crippen molar-refractivity contribution in [2.45, 2.75) is 43.9 Å². The topological polar surface area (TPSA) is 81.2 Å². The summed E-state index contributed by atoms with van der Waals surface area (Å²) in [7, 11) is 0. The predicted octanol–water partition coefficient (Wildman–Crippen LogP) is 3.30. The van der Waals surface area contributed by atoms with Crippen LogP contribution in [-0.4, -0.2) is 17.0 Å². The normalized spacial score (nSPS) is 22.9. The molecule has 0 aliphatic heterocycles. The quantitative estimate of drug-likeness (QED) is 0.663. The van der Waals surface area contributed by atoms with Crippen LogP contribution in [0.15, 0.2) is 18.2 Å². The van der Waals surface area contributed by atoms with Gasteiger partial charge in [0, 0.05) is 18.2 Å². The van der Waals surface area contributed by atoms with Crippen molar-refractivity contribution in [1.82, 2.24) is 0 Å². The molecule has 0 bridgehead atoms. The highest BCUT2D eigenvalue weighted by molar-refractivity contribution is 5.63. The van der Waals surface area contributed by atoms with Gasteiger partial charge in [0.05, 0.1) is 10.5 Å². The summed E-state index contributed by atoms with van der Waals surface area (Å²) in [5.41, 5.74) is 4.35. The van der Waals surface area contributed by atoms with Crippen molar-refractivity contribution < 1.29 is 18.1 Å². The molecule has 2 rings (SSSR count). The summed E-state index contributed by atoms with van der Waals surface area (Å²) in [4.78, 5) is 10.2. The van der Waals surface area contributed by atoms with E-state index in [0.717, 1.165) is 31.4 Å². The molecule has 2 unspecified atom stereocenters. The number of halogens is 3. The first-order valence-corrected chi connectivity index (χ1v) is 6.65. The lowest BCUT2D eigenvalue weighted by Gasteiger charge is -2.28. The molecule has 1 aromatic rings.